The van der Waals surface area contributed by atoms with Crippen LogP contribution in [-0.4, -0.2) is 47.8 Å². The van der Waals surface area contributed by atoms with Crippen LogP contribution in [0.3, 0.4) is 0 Å². The summed E-state index contributed by atoms with van der Waals surface area (Å²) >= 11 is 6.18. The Hall–Kier alpha value is -2.42. The summed E-state index contributed by atoms with van der Waals surface area (Å²) in [6.45, 7) is 2.16. The first kappa shape index (κ1) is 20.8. The smallest absolute Gasteiger partial charge is 0.252 e. The van der Waals surface area contributed by atoms with Crippen LogP contribution >= 0.6 is 11.6 Å². The van der Waals surface area contributed by atoms with E-state index in [1.165, 1.54) is 22.5 Å². The number of carbonyl (C=O) groups excluding carboxylic acids is 1. The van der Waals surface area contributed by atoms with Crippen molar-refractivity contribution in [2.75, 3.05) is 19.6 Å². The molecule has 1 fully saturated rings. The van der Waals surface area contributed by atoms with Crippen molar-refractivity contribution in [3.05, 3.63) is 59.4 Å². The highest BCUT2D eigenvalue weighted by molar-refractivity contribution is 7.89. The summed E-state index contributed by atoms with van der Waals surface area (Å²) in [6, 6.07) is 12.2. The van der Waals surface area contributed by atoms with Crippen molar-refractivity contribution in [2.45, 2.75) is 30.7 Å². The van der Waals surface area contributed by atoms with Gasteiger partial charge in [-0.2, -0.15) is 4.31 Å². The number of halogens is 1. The number of aromatic nitrogens is 2. The van der Waals surface area contributed by atoms with Crippen molar-refractivity contribution in [3.8, 4) is 0 Å². The zero-order valence-electron chi connectivity index (χ0n) is 16.4. The summed E-state index contributed by atoms with van der Waals surface area (Å²) in [5.41, 5.74) is 2.15. The van der Waals surface area contributed by atoms with E-state index < -0.39 is 10.0 Å². The second-order valence-corrected chi connectivity index (χ2v) is 9.63. The second kappa shape index (κ2) is 8.75. The SMILES string of the molecule is O=C(NCCCn1cnc2ccccc21)c1cc(S(=O)(=O)N2CCCC2)ccc1Cl. The normalized spacial score (nSPS) is 15.0. The molecule has 1 aromatic heterocycles. The second-order valence-electron chi connectivity index (χ2n) is 7.29. The lowest BCUT2D eigenvalue weighted by atomic mass is 10.2. The van der Waals surface area contributed by atoms with Gasteiger partial charge in [0.25, 0.3) is 5.91 Å². The predicted molar refractivity (Wildman–Crippen MR) is 116 cm³/mol. The van der Waals surface area contributed by atoms with E-state index >= 15 is 0 Å². The number of sulfonamides is 1. The quantitative estimate of drug-likeness (QED) is 0.564. The third-order valence-corrected chi connectivity index (χ3v) is 7.50. The number of hydrogen-bond donors (Lipinski definition) is 1. The Bertz CT molecular complexity index is 1170. The van der Waals surface area contributed by atoms with Gasteiger partial charge in [-0.25, -0.2) is 13.4 Å². The Morgan fingerprint density at radius 1 is 1.13 bits per heavy atom. The van der Waals surface area contributed by atoms with E-state index in [0.717, 1.165) is 23.9 Å². The van der Waals surface area contributed by atoms with Gasteiger partial charge in [0.15, 0.2) is 0 Å². The molecule has 0 bridgehead atoms. The van der Waals surface area contributed by atoms with Crippen LogP contribution < -0.4 is 5.32 Å². The van der Waals surface area contributed by atoms with E-state index in [2.05, 4.69) is 10.3 Å². The molecule has 1 N–H and O–H groups in total. The third kappa shape index (κ3) is 4.21. The lowest BCUT2D eigenvalue weighted by Crippen LogP contribution is -2.29. The van der Waals surface area contributed by atoms with E-state index in [0.29, 0.717) is 32.6 Å². The van der Waals surface area contributed by atoms with Crippen molar-refractivity contribution in [1.29, 1.82) is 0 Å². The monoisotopic (exact) mass is 446 g/mol. The molecule has 1 amide bonds. The van der Waals surface area contributed by atoms with Crippen LogP contribution in [0.25, 0.3) is 11.0 Å². The van der Waals surface area contributed by atoms with Crippen LogP contribution in [0.1, 0.15) is 29.6 Å². The van der Waals surface area contributed by atoms with E-state index in [-0.39, 0.29) is 21.4 Å². The van der Waals surface area contributed by atoms with Gasteiger partial charge in [0.2, 0.25) is 10.0 Å². The molecule has 30 heavy (non-hydrogen) atoms. The number of nitrogens with zero attached hydrogens (tertiary/aromatic N) is 3. The van der Waals surface area contributed by atoms with Gasteiger partial charge in [-0.1, -0.05) is 23.7 Å². The fraction of sp³-hybridized carbons (Fsp3) is 0.333. The lowest BCUT2D eigenvalue weighted by Gasteiger charge is -2.16. The molecule has 0 radical (unpaired) electrons. The third-order valence-electron chi connectivity index (χ3n) is 5.27. The highest BCUT2D eigenvalue weighted by Crippen LogP contribution is 2.25. The number of carbonyl (C=O) groups is 1. The van der Waals surface area contributed by atoms with E-state index in [9.17, 15) is 13.2 Å². The number of nitrogens with one attached hydrogen (secondary N) is 1. The van der Waals surface area contributed by atoms with Crippen molar-refractivity contribution >= 4 is 38.6 Å². The highest BCUT2D eigenvalue weighted by atomic mass is 35.5. The average Bonchev–Trinajstić information content (AvgIpc) is 3.42. The summed E-state index contributed by atoms with van der Waals surface area (Å²) in [5.74, 6) is -0.381. The van der Waals surface area contributed by atoms with Gasteiger partial charge in [-0.05, 0) is 49.6 Å². The lowest BCUT2D eigenvalue weighted by molar-refractivity contribution is 0.0952. The molecule has 1 saturated heterocycles. The van der Waals surface area contributed by atoms with E-state index in [1.807, 2.05) is 28.8 Å². The molecule has 0 aliphatic carbocycles. The fourth-order valence-corrected chi connectivity index (χ4v) is 5.40. The molecule has 0 spiro atoms. The molecule has 4 rings (SSSR count). The summed E-state index contributed by atoms with van der Waals surface area (Å²) in [5, 5.41) is 3.06. The number of rotatable bonds is 7. The molecule has 3 aromatic rings. The maximum atomic E-state index is 12.8. The van der Waals surface area contributed by atoms with Gasteiger partial charge in [-0.15, -0.1) is 0 Å². The first-order valence-electron chi connectivity index (χ1n) is 9.94. The number of imidazole rings is 1. The van der Waals surface area contributed by atoms with Crippen molar-refractivity contribution < 1.29 is 13.2 Å². The number of para-hydroxylation sites is 2. The van der Waals surface area contributed by atoms with E-state index in [4.69, 9.17) is 11.6 Å². The first-order valence-corrected chi connectivity index (χ1v) is 11.8. The van der Waals surface area contributed by atoms with Gasteiger partial charge in [0, 0.05) is 26.2 Å². The average molecular weight is 447 g/mol. The molecule has 2 heterocycles. The Labute approximate surface area is 180 Å². The summed E-state index contributed by atoms with van der Waals surface area (Å²) in [7, 11) is -3.60. The zero-order chi connectivity index (χ0) is 21.1. The number of hydrogen-bond acceptors (Lipinski definition) is 4. The topological polar surface area (TPSA) is 84.3 Å². The number of aryl methyl sites for hydroxylation is 1. The fourth-order valence-electron chi connectivity index (χ4n) is 3.65. The molecule has 1 aliphatic heterocycles. The largest absolute Gasteiger partial charge is 0.352 e. The maximum absolute atomic E-state index is 12.8. The number of amides is 1. The molecule has 158 valence electrons. The van der Waals surface area contributed by atoms with Crippen LogP contribution in [0.2, 0.25) is 5.02 Å². The molecule has 7 nitrogen and oxygen atoms in total. The Kier molecular flexibility index (Phi) is 6.08. The minimum absolute atomic E-state index is 0.101. The molecule has 0 atom stereocenters. The first-order chi connectivity index (χ1) is 14.5. The van der Waals surface area contributed by atoms with Crippen LogP contribution in [0, 0.1) is 0 Å². The van der Waals surface area contributed by atoms with Crippen LogP contribution in [0.4, 0.5) is 0 Å². The van der Waals surface area contributed by atoms with E-state index in [1.54, 1.807) is 6.33 Å². The maximum Gasteiger partial charge on any atom is 0.252 e. The van der Waals surface area contributed by atoms with Crippen molar-refractivity contribution in [2.24, 2.45) is 0 Å². The summed E-state index contributed by atoms with van der Waals surface area (Å²) < 4.78 is 29.0. The van der Waals surface area contributed by atoms with Gasteiger partial charge in [-0.3, -0.25) is 4.79 Å². The Balaban J connectivity index is 1.39. The van der Waals surface area contributed by atoms with Crippen molar-refractivity contribution in [3.63, 3.8) is 0 Å². The van der Waals surface area contributed by atoms with Crippen LogP contribution in [0.5, 0.6) is 0 Å². The zero-order valence-corrected chi connectivity index (χ0v) is 18.0. The van der Waals surface area contributed by atoms with Gasteiger partial charge in [0.1, 0.15) is 0 Å². The minimum atomic E-state index is -3.60. The number of fused-ring (bicyclic) bond motifs is 1. The summed E-state index contributed by atoms with van der Waals surface area (Å²) in [4.78, 5) is 17.1. The highest BCUT2D eigenvalue weighted by Gasteiger charge is 2.28. The number of benzene rings is 2. The van der Waals surface area contributed by atoms with Crippen molar-refractivity contribution in [1.82, 2.24) is 19.2 Å². The Morgan fingerprint density at radius 3 is 2.70 bits per heavy atom. The van der Waals surface area contributed by atoms with Gasteiger partial charge < -0.3 is 9.88 Å². The van der Waals surface area contributed by atoms with Crippen LogP contribution in [0.15, 0.2) is 53.7 Å². The molecule has 0 unspecified atom stereocenters. The van der Waals surface area contributed by atoms with Gasteiger partial charge >= 0.3 is 0 Å². The molecular formula is C21H23ClN4O3S. The molecule has 0 saturated carbocycles. The van der Waals surface area contributed by atoms with Crippen LogP contribution in [-0.2, 0) is 16.6 Å². The summed E-state index contributed by atoms with van der Waals surface area (Å²) in [6.07, 6.45) is 4.20. The minimum Gasteiger partial charge on any atom is -0.352 e. The Morgan fingerprint density at radius 2 is 1.90 bits per heavy atom. The molecule has 1 aliphatic rings. The van der Waals surface area contributed by atoms with Gasteiger partial charge in [0.05, 0.1) is 32.8 Å². The predicted octanol–water partition coefficient (Wildman–Crippen LogP) is 3.29. The molecular weight excluding hydrogens is 424 g/mol. The molecule has 2 aromatic carbocycles. The molecule has 9 heteroatoms. The standard InChI is InChI=1S/C21H23ClN4O3S/c22-18-9-8-16(30(28,29)26-12-3-4-13-26)14-17(18)21(27)23-10-5-11-25-15-24-19-6-1-2-7-20(19)25/h1-2,6-9,14-15H,3-5,10-13H2,(H,23,27).